The summed E-state index contributed by atoms with van der Waals surface area (Å²) in [4.78, 5) is 10.6. The fraction of sp³-hybridized carbons (Fsp3) is 0.300. The molecule has 1 rings (SSSR count). The number of hydrogen-bond donors (Lipinski definition) is 3. The van der Waals surface area contributed by atoms with Crippen LogP contribution in [0.15, 0.2) is 18.2 Å². The second kappa shape index (κ2) is 4.00. The van der Waals surface area contributed by atoms with Crippen LogP contribution in [0.2, 0.25) is 0 Å². The summed E-state index contributed by atoms with van der Waals surface area (Å²) in [6.45, 7) is 1.65. The quantitative estimate of drug-likeness (QED) is 0.629. The van der Waals surface area contributed by atoms with Crippen LogP contribution in [0.1, 0.15) is 12.5 Å². The highest BCUT2D eigenvalue weighted by atomic mass is 16.4. The third-order valence-electron chi connectivity index (χ3n) is 2.12. The van der Waals surface area contributed by atoms with Crippen LogP contribution in [-0.4, -0.2) is 11.1 Å². The minimum atomic E-state index is -0.818. The van der Waals surface area contributed by atoms with Gasteiger partial charge in [-0.15, -0.1) is 0 Å². The molecular weight excluding hydrogens is 180 g/mol. The van der Waals surface area contributed by atoms with Crippen molar-refractivity contribution in [1.82, 2.24) is 0 Å². The van der Waals surface area contributed by atoms with Crippen molar-refractivity contribution >= 4 is 17.3 Å². The zero-order valence-corrected chi connectivity index (χ0v) is 8.03. The van der Waals surface area contributed by atoms with E-state index in [1.54, 1.807) is 25.1 Å². The zero-order chi connectivity index (χ0) is 10.7. The molecule has 1 aromatic rings. The number of nitrogen functional groups attached to an aromatic ring is 2. The molecule has 0 amide bonds. The average Bonchev–Trinajstić information content (AvgIpc) is 2.09. The van der Waals surface area contributed by atoms with E-state index in [4.69, 9.17) is 16.6 Å². The third kappa shape index (κ3) is 2.39. The van der Waals surface area contributed by atoms with Gasteiger partial charge in [0.1, 0.15) is 0 Å². The maximum atomic E-state index is 10.6. The number of benzene rings is 1. The molecule has 0 bridgehead atoms. The maximum Gasteiger partial charge on any atom is 0.306 e. The molecule has 4 heteroatoms. The summed E-state index contributed by atoms with van der Waals surface area (Å²) in [5.74, 6) is -1.25. The Labute approximate surface area is 82.5 Å². The molecule has 1 atom stereocenters. The molecule has 1 unspecified atom stereocenters. The first-order valence-corrected chi connectivity index (χ1v) is 4.37. The number of carboxylic acids is 1. The number of carbonyl (C=O) groups is 1. The van der Waals surface area contributed by atoms with Crippen molar-refractivity contribution in [2.45, 2.75) is 13.3 Å². The van der Waals surface area contributed by atoms with Crippen LogP contribution in [0.5, 0.6) is 0 Å². The molecule has 14 heavy (non-hydrogen) atoms. The second-order valence-corrected chi connectivity index (χ2v) is 3.40. The lowest BCUT2D eigenvalue weighted by Gasteiger charge is -2.09. The predicted octanol–water partition coefficient (Wildman–Crippen LogP) is 1.11. The Hall–Kier alpha value is -1.71. The molecule has 0 saturated carbocycles. The van der Waals surface area contributed by atoms with Crippen molar-refractivity contribution in [3.63, 3.8) is 0 Å². The van der Waals surface area contributed by atoms with Gasteiger partial charge in [-0.05, 0) is 24.1 Å². The van der Waals surface area contributed by atoms with E-state index < -0.39 is 11.9 Å². The molecule has 0 aliphatic heterocycles. The van der Waals surface area contributed by atoms with Crippen molar-refractivity contribution in [3.05, 3.63) is 23.8 Å². The topological polar surface area (TPSA) is 89.3 Å². The van der Waals surface area contributed by atoms with Gasteiger partial charge in [0, 0.05) is 11.4 Å². The highest BCUT2D eigenvalue weighted by molar-refractivity contribution is 5.70. The van der Waals surface area contributed by atoms with Crippen LogP contribution in [0.3, 0.4) is 0 Å². The standard InChI is InChI=1S/C10H14N2O2/c1-6(10(13)14)4-7-2-3-8(11)5-9(7)12/h2-3,5-6H,4,11-12H2,1H3,(H,13,14). The third-order valence-corrected chi connectivity index (χ3v) is 2.12. The van der Waals surface area contributed by atoms with Crippen molar-refractivity contribution in [1.29, 1.82) is 0 Å². The normalized spacial score (nSPS) is 12.4. The fourth-order valence-electron chi connectivity index (χ4n) is 1.22. The minimum Gasteiger partial charge on any atom is -0.481 e. The van der Waals surface area contributed by atoms with Gasteiger partial charge in [0.05, 0.1) is 5.92 Å². The first kappa shape index (κ1) is 10.4. The lowest BCUT2D eigenvalue weighted by atomic mass is 10.00. The summed E-state index contributed by atoms with van der Waals surface area (Å²) < 4.78 is 0. The van der Waals surface area contributed by atoms with Gasteiger partial charge in [0.25, 0.3) is 0 Å². The smallest absolute Gasteiger partial charge is 0.306 e. The predicted molar refractivity (Wildman–Crippen MR) is 55.8 cm³/mol. The number of aliphatic carboxylic acids is 1. The Balaban J connectivity index is 2.82. The number of carboxylic acid groups (broad SMARTS) is 1. The Morgan fingerprint density at radius 1 is 1.50 bits per heavy atom. The van der Waals surface area contributed by atoms with Gasteiger partial charge in [-0.25, -0.2) is 0 Å². The van der Waals surface area contributed by atoms with E-state index in [9.17, 15) is 4.79 Å². The molecule has 0 aliphatic rings. The van der Waals surface area contributed by atoms with Gasteiger partial charge < -0.3 is 16.6 Å². The number of anilines is 2. The number of nitrogens with two attached hydrogens (primary N) is 2. The van der Waals surface area contributed by atoms with Crippen molar-refractivity contribution in [2.75, 3.05) is 11.5 Å². The van der Waals surface area contributed by atoms with Gasteiger partial charge in [-0.3, -0.25) is 4.79 Å². The molecule has 0 saturated heterocycles. The molecule has 4 nitrogen and oxygen atoms in total. The lowest BCUT2D eigenvalue weighted by molar-refractivity contribution is -0.141. The van der Waals surface area contributed by atoms with Crippen LogP contribution in [0.4, 0.5) is 11.4 Å². The van der Waals surface area contributed by atoms with Gasteiger partial charge in [-0.2, -0.15) is 0 Å². The average molecular weight is 194 g/mol. The first-order chi connectivity index (χ1) is 6.50. The van der Waals surface area contributed by atoms with Crippen LogP contribution in [0, 0.1) is 5.92 Å². The van der Waals surface area contributed by atoms with Gasteiger partial charge in [-0.1, -0.05) is 13.0 Å². The van der Waals surface area contributed by atoms with Crippen molar-refractivity contribution in [2.24, 2.45) is 5.92 Å². The lowest BCUT2D eigenvalue weighted by Crippen LogP contribution is -2.13. The fourth-order valence-corrected chi connectivity index (χ4v) is 1.22. The van der Waals surface area contributed by atoms with E-state index in [0.29, 0.717) is 17.8 Å². The Morgan fingerprint density at radius 3 is 2.64 bits per heavy atom. The van der Waals surface area contributed by atoms with Crippen LogP contribution >= 0.6 is 0 Å². The van der Waals surface area contributed by atoms with E-state index in [2.05, 4.69) is 0 Å². The molecule has 0 aliphatic carbocycles. The molecular formula is C10H14N2O2. The highest BCUT2D eigenvalue weighted by Gasteiger charge is 2.12. The summed E-state index contributed by atoms with van der Waals surface area (Å²) in [7, 11) is 0. The number of rotatable bonds is 3. The van der Waals surface area contributed by atoms with Gasteiger partial charge in [0.15, 0.2) is 0 Å². The van der Waals surface area contributed by atoms with Crippen molar-refractivity contribution in [3.8, 4) is 0 Å². The van der Waals surface area contributed by atoms with Gasteiger partial charge in [0.2, 0.25) is 0 Å². The summed E-state index contributed by atoms with van der Waals surface area (Å²) in [5, 5.41) is 8.72. The second-order valence-electron chi connectivity index (χ2n) is 3.40. The summed E-state index contributed by atoms with van der Waals surface area (Å²) >= 11 is 0. The first-order valence-electron chi connectivity index (χ1n) is 4.37. The molecule has 0 spiro atoms. The molecule has 0 heterocycles. The van der Waals surface area contributed by atoms with E-state index in [0.717, 1.165) is 5.56 Å². The Morgan fingerprint density at radius 2 is 2.14 bits per heavy atom. The van der Waals surface area contributed by atoms with E-state index in [-0.39, 0.29) is 0 Å². The molecule has 5 N–H and O–H groups in total. The molecule has 0 fully saturated rings. The van der Waals surface area contributed by atoms with Crippen LogP contribution in [-0.2, 0) is 11.2 Å². The van der Waals surface area contributed by atoms with E-state index in [1.807, 2.05) is 0 Å². The molecule has 76 valence electrons. The summed E-state index contributed by atoms with van der Waals surface area (Å²) in [6, 6.07) is 5.13. The highest BCUT2D eigenvalue weighted by Crippen LogP contribution is 2.19. The van der Waals surface area contributed by atoms with Gasteiger partial charge >= 0.3 is 5.97 Å². The maximum absolute atomic E-state index is 10.6. The van der Waals surface area contributed by atoms with Crippen molar-refractivity contribution < 1.29 is 9.90 Å². The molecule has 1 aromatic carbocycles. The Bertz CT molecular complexity index is 350. The minimum absolute atomic E-state index is 0.430. The van der Waals surface area contributed by atoms with Crippen LogP contribution < -0.4 is 11.5 Å². The monoisotopic (exact) mass is 194 g/mol. The summed E-state index contributed by atoms with van der Waals surface area (Å²) in [6.07, 6.45) is 0.432. The number of hydrogen-bond acceptors (Lipinski definition) is 3. The Kier molecular flexibility index (Phi) is 2.96. The summed E-state index contributed by atoms with van der Waals surface area (Å²) in [5.41, 5.74) is 13.2. The van der Waals surface area contributed by atoms with E-state index in [1.165, 1.54) is 0 Å². The van der Waals surface area contributed by atoms with E-state index >= 15 is 0 Å². The largest absolute Gasteiger partial charge is 0.481 e. The SMILES string of the molecule is CC(Cc1ccc(N)cc1N)C(=O)O. The van der Waals surface area contributed by atoms with Crippen LogP contribution in [0.25, 0.3) is 0 Å². The molecule has 0 radical (unpaired) electrons. The molecule has 0 aromatic heterocycles. The zero-order valence-electron chi connectivity index (χ0n) is 8.03.